The van der Waals surface area contributed by atoms with E-state index >= 15 is 0 Å². The number of pyridine rings is 1. The van der Waals surface area contributed by atoms with Gasteiger partial charge >= 0.3 is 5.97 Å². The number of aromatic nitrogens is 1. The van der Waals surface area contributed by atoms with Gasteiger partial charge in [-0.05, 0) is 61.9 Å². The molecule has 0 aliphatic heterocycles. The summed E-state index contributed by atoms with van der Waals surface area (Å²) >= 11 is 0. The van der Waals surface area contributed by atoms with Crippen LogP contribution in [0.2, 0.25) is 0 Å². The van der Waals surface area contributed by atoms with Gasteiger partial charge in [-0.25, -0.2) is 14.2 Å². The Balaban J connectivity index is 1.79. The number of carbonyl (C=O) groups excluding carboxylic acids is 1. The number of rotatable bonds is 8. The molecule has 0 unspecified atom stereocenters. The lowest BCUT2D eigenvalue weighted by atomic mass is 10.1. The average molecular weight is 424 g/mol. The first kappa shape index (κ1) is 21.8. The third-order valence-corrected chi connectivity index (χ3v) is 4.13. The van der Waals surface area contributed by atoms with Crippen molar-refractivity contribution in [2.45, 2.75) is 26.6 Å². The summed E-state index contributed by atoms with van der Waals surface area (Å²) in [5, 5.41) is 11.6. The number of aromatic carboxylic acids is 1. The highest BCUT2D eigenvalue weighted by Gasteiger charge is 2.17. The molecular weight excluding hydrogens is 403 g/mol. The third-order valence-electron chi connectivity index (χ3n) is 4.13. The summed E-state index contributed by atoms with van der Waals surface area (Å²) in [5.41, 5.74) is 1.02. The number of halogens is 1. The number of anilines is 1. The van der Waals surface area contributed by atoms with Crippen LogP contribution in [-0.2, 0) is 6.61 Å². The molecule has 0 radical (unpaired) electrons. The molecule has 0 saturated carbocycles. The van der Waals surface area contributed by atoms with E-state index in [1.807, 2.05) is 13.8 Å². The first-order valence-corrected chi connectivity index (χ1v) is 9.50. The Morgan fingerprint density at radius 3 is 2.45 bits per heavy atom. The summed E-state index contributed by atoms with van der Waals surface area (Å²) < 4.78 is 24.5. The van der Waals surface area contributed by atoms with Crippen LogP contribution in [0.3, 0.4) is 0 Å². The maximum atomic E-state index is 13.0. The fourth-order valence-corrected chi connectivity index (χ4v) is 2.66. The number of hydrogen-bond donors (Lipinski definition) is 2. The Morgan fingerprint density at radius 1 is 1.10 bits per heavy atom. The van der Waals surface area contributed by atoms with Crippen LogP contribution in [0.5, 0.6) is 11.5 Å². The van der Waals surface area contributed by atoms with E-state index in [0.29, 0.717) is 11.5 Å². The minimum atomic E-state index is -1.11. The highest BCUT2D eigenvalue weighted by Crippen LogP contribution is 2.27. The summed E-state index contributed by atoms with van der Waals surface area (Å²) in [6.45, 7) is 3.88. The summed E-state index contributed by atoms with van der Waals surface area (Å²) in [6, 6.07) is 13.5. The first-order valence-electron chi connectivity index (χ1n) is 9.50. The van der Waals surface area contributed by atoms with Gasteiger partial charge in [0.15, 0.2) is 0 Å². The topological polar surface area (TPSA) is 97.8 Å². The molecule has 8 heteroatoms. The van der Waals surface area contributed by atoms with Gasteiger partial charge in [0, 0.05) is 6.20 Å². The molecule has 2 aromatic carbocycles. The maximum Gasteiger partial charge on any atom is 0.337 e. The molecular formula is C23H21FN2O5. The molecule has 3 aromatic rings. The smallest absolute Gasteiger partial charge is 0.337 e. The minimum Gasteiger partial charge on any atom is -0.490 e. The zero-order valence-corrected chi connectivity index (χ0v) is 17.0. The molecule has 0 atom stereocenters. The second-order valence-electron chi connectivity index (χ2n) is 6.93. The van der Waals surface area contributed by atoms with Gasteiger partial charge in [0.25, 0.3) is 5.91 Å². The van der Waals surface area contributed by atoms with Crippen LogP contribution in [0.15, 0.2) is 60.8 Å². The number of hydrogen-bond acceptors (Lipinski definition) is 5. The van der Waals surface area contributed by atoms with Crippen molar-refractivity contribution in [2.75, 3.05) is 5.32 Å². The van der Waals surface area contributed by atoms with Crippen molar-refractivity contribution < 1.29 is 28.6 Å². The van der Waals surface area contributed by atoms with Crippen molar-refractivity contribution >= 4 is 17.7 Å². The van der Waals surface area contributed by atoms with Gasteiger partial charge in [-0.1, -0.05) is 12.1 Å². The van der Waals surface area contributed by atoms with Gasteiger partial charge < -0.3 is 19.9 Å². The van der Waals surface area contributed by atoms with Gasteiger partial charge in [-0.3, -0.25) is 4.79 Å². The Bertz CT molecular complexity index is 1070. The van der Waals surface area contributed by atoms with E-state index in [4.69, 9.17) is 14.6 Å². The standard InChI is InChI=1S/C23H21FN2O5/c1-14(2)31-20-9-8-18(30-13-15-3-6-17(24)7-4-15)11-19(20)22(27)26-21-10-5-16(12-25-21)23(28)29/h3-12,14H,13H2,1-2H3,(H,28,29)(H,25,26,27). The van der Waals surface area contributed by atoms with Gasteiger partial charge in [0.05, 0.1) is 17.2 Å². The minimum absolute atomic E-state index is 0.0121. The van der Waals surface area contributed by atoms with Gasteiger partial charge in [-0.2, -0.15) is 0 Å². The van der Waals surface area contributed by atoms with Crippen molar-refractivity contribution in [3.8, 4) is 11.5 Å². The van der Waals surface area contributed by atoms with E-state index in [1.54, 1.807) is 30.3 Å². The number of ether oxygens (including phenoxy) is 2. The number of nitrogens with zero attached hydrogens (tertiary/aromatic N) is 1. The number of amides is 1. The highest BCUT2D eigenvalue weighted by molar-refractivity contribution is 6.06. The van der Waals surface area contributed by atoms with Gasteiger partial charge in [0.1, 0.15) is 29.7 Å². The molecule has 0 bridgehead atoms. The Hall–Kier alpha value is -3.94. The van der Waals surface area contributed by atoms with Gasteiger partial charge in [0.2, 0.25) is 0 Å². The molecule has 7 nitrogen and oxygen atoms in total. The molecule has 1 amide bonds. The quantitative estimate of drug-likeness (QED) is 0.551. The molecule has 1 aromatic heterocycles. The van der Waals surface area contributed by atoms with Crippen LogP contribution in [0, 0.1) is 5.82 Å². The van der Waals surface area contributed by atoms with Crippen molar-refractivity contribution in [3.05, 3.63) is 83.3 Å². The zero-order valence-electron chi connectivity index (χ0n) is 17.0. The molecule has 1 heterocycles. The summed E-state index contributed by atoms with van der Waals surface area (Å²) in [7, 11) is 0. The van der Waals surface area contributed by atoms with E-state index in [9.17, 15) is 14.0 Å². The van der Waals surface area contributed by atoms with Crippen LogP contribution in [0.4, 0.5) is 10.2 Å². The number of benzene rings is 2. The first-order chi connectivity index (χ1) is 14.8. The van der Waals surface area contributed by atoms with Crippen LogP contribution < -0.4 is 14.8 Å². The lowest BCUT2D eigenvalue weighted by Gasteiger charge is -2.16. The maximum absolute atomic E-state index is 13.0. The number of carboxylic acids is 1. The van der Waals surface area contributed by atoms with E-state index in [1.165, 1.54) is 24.3 Å². The molecule has 0 aliphatic rings. The summed E-state index contributed by atoms with van der Waals surface area (Å²) in [4.78, 5) is 27.7. The highest BCUT2D eigenvalue weighted by atomic mass is 19.1. The van der Waals surface area contributed by atoms with Crippen LogP contribution in [-0.4, -0.2) is 28.1 Å². The van der Waals surface area contributed by atoms with Crippen LogP contribution >= 0.6 is 0 Å². The number of carbonyl (C=O) groups is 2. The summed E-state index contributed by atoms with van der Waals surface area (Å²) in [5.74, 6) is -0.933. The molecule has 0 fully saturated rings. The molecule has 31 heavy (non-hydrogen) atoms. The largest absolute Gasteiger partial charge is 0.490 e. The predicted molar refractivity (Wildman–Crippen MR) is 112 cm³/mol. The van der Waals surface area contributed by atoms with E-state index in [0.717, 1.165) is 11.8 Å². The van der Waals surface area contributed by atoms with Crippen molar-refractivity contribution in [3.63, 3.8) is 0 Å². The monoisotopic (exact) mass is 424 g/mol. The van der Waals surface area contributed by atoms with E-state index in [2.05, 4.69) is 10.3 Å². The molecule has 0 spiro atoms. The third kappa shape index (κ3) is 6.02. The molecule has 3 rings (SSSR count). The average Bonchev–Trinajstić information content (AvgIpc) is 2.74. The molecule has 0 saturated heterocycles. The van der Waals surface area contributed by atoms with Crippen molar-refractivity contribution in [1.82, 2.24) is 4.98 Å². The fourth-order valence-electron chi connectivity index (χ4n) is 2.66. The Labute approximate surface area is 178 Å². The fraction of sp³-hybridized carbons (Fsp3) is 0.174. The lowest BCUT2D eigenvalue weighted by molar-refractivity contribution is 0.0696. The van der Waals surface area contributed by atoms with Crippen LogP contribution in [0.1, 0.15) is 40.1 Å². The van der Waals surface area contributed by atoms with Gasteiger partial charge in [-0.15, -0.1) is 0 Å². The second kappa shape index (κ2) is 9.71. The molecule has 160 valence electrons. The van der Waals surface area contributed by atoms with Crippen LogP contribution in [0.25, 0.3) is 0 Å². The van der Waals surface area contributed by atoms with E-state index in [-0.39, 0.29) is 35.5 Å². The second-order valence-corrected chi connectivity index (χ2v) is 6.93. The number of carboxylic acid groups (broad SMARTS) is 1. The normalized spacial score (nSPS) is 10.6. The van der Waals surface area contributed by atoms with E-state index < -0.39 is 11.9 Å². The number of nitrogens with one attached hydrogen (secondary N) is 1. The zero-order chi connectivity index (χ0) is 22.4. The Kier molecular flexibility index (Phi) is 6.81. The molecule has 2 N–H and O–H groups in total. The summed E-state index contributed by atoms with van der Waals surface area (Å²) in [6.07, 6.45) is 0.997. The molecule has 0 aliphatic carbocycles. The van der Waals surface area contributed by atoms with Crippen molar-refractivity contribution in [1.29, 1.82) is 0 Å². The SMILES string of the molecule is CC(C)Oc1ccc(OCc2ccc(F)cc2)cc1C(=O)Nc1ccc(C(=O)O)cn1. The van der Waals surface area contributed by atoms with Crippen molar-refractivity contribution in [2.24, 2.45) is 0 Å². The predicted octanol–water partition coefficient (Wildman–Crippen LogP) is 4.54. The lowest BCUT2D eigenvalue weighted by Crippen LogP contribution is -2.17. The Morgan fingerprint density at radius 2 is 1.84 bits per heavy atom.